The van der Waals surface area contributed by atoms with Gasteiger partial charge in [0.05, 0.1) is 5.56 Å². The maximum absolute atomic E-state index is 13.2. The second-order valence-corrected chi connectivity index (χ2v) is 9.36. The summed E-state index contributed by atoms with van der Waals surface area (Å²) >= 11 is 0. The first-order valence-corrected chi connectivity index (χ1v) is 11.4. The van der Waals surface area contributed by atoms with Crippen molar-refractivity contribution in [2.45, 2.75) is 78.2 Å². The summed E-state index contributed by atoms with van der Waals surface area (Å²) in [5, 5.41) is 6.23. The Morgan fingerprint density at radius 1 is 1.07 bits per heavy atom. The number of nitrogens with zero attached hydrogens (tertiary/aromatic N) is 1. The average molecular weight is 400 g/mol. The SMILES string of the molecule is CC(C)CC(=O)Nc1ccc(N2CCC(C)CC2)c(C(=O)NC2CCCCC2)c1. The zero-order valence-electron chi connectivity index (χ0n) is 18.3. The van der Waals surface area contributed by atoms with E-state index in [1.807, 2.05) is 32.0 Å². The van der Waals surface area contributed by atoms with Crippen molar-refractivity contribution in [1.29, 1.82) is 0 Å². The number of anilines is 2. The fourth-order valence-electron chi connectivity index (χ4n) is 4.41. The van der Waals surface area contributed by atoms with Crippen LogP contribution in [-0.2, 0) is 4.79 Å². The molecule has 5 nitrogen and oxygen atoms in total. The van der Waals surface area contributed by atoms with E-state index in [9.17, 15) is 9.59 Å². The van der Waals surface area contributed by atoms with Gasteiger partial charge in [-0.1, -0.05) is 40.0 Å². The van der Waals surface area contributed by atoms with Gasteiger partial charge in [0.15, 0.2) is 0 Å². The van der Waals surface area contributed by atoms with E-state index < -0.39 is 0 Å². The van der Waals surface area contributed by atoms with Crippen molar-refractivity contribution in [3.63, 3.8) is 0 Å². The van der Waals surface area contributed by atoms with E-state index in [0.717, 1.165) is 50.4 Å². The Kier molecular flexibility index (Phi) is 7.57. The minimum absolute atomic E-state index is 0.00168. The average Bonchev–Trinajstić information content (AvgIpc) is 2.69. The van der Waals surface area contributed by atoms with Gasteiger partial charge in [-0.2, -0.15) is 0 Å². The van der Waals surface area contributed by atoms with Crippen LogP contribution in [0.4, 0.5) is 11.4 Å². The third kappa shape index (κ3) is 6.22. The lowest BCUT2D eigenvalue weighted by Gasteiger charge is -2.34. The summed E-state index contributed by atoms with van der Waals surface area (Å²) in [6, 6.07) is 6.08. The normalized spacial score (nSPS) is 18.7. The Balaban J connectivity index is 1.80. The van der Waals surface area contributed by atoms with Gasteiger partial charge in [-0.05, 0) is 55.7 Å². The predicted molar refractivity (Wildman–Crippen MR) is 119 cm³/mol. The number of rotatable bonds is 6. The highest BCUT2D eigenvalue weighted by Gasteiger charge is 2.24. The molecule has 0 bridgehead atoms. The Hall–Kier alpha value is -2.04. The van der Waals surface area contributed by atoms with E-state index in [2.05, 4.69) is 22.5 Å². The van der Waals surface area contributed by atoms with Crippen LogP contribution in [-0.4, -0.2) is 30.9 Å². The van der Waals surface area contributed by atoms with Crippen molar-refractivity contribution in [2.24, 2.45) is 11.8 Å². The number of benzene rings is 1. The molecule has 1 aliphatic carbocycles. The molecule has 1 aliphatic heterocycles. The van der Waals surface area contributed by atoms with E-state index in [0.29, 0.717) is 23.6 Å². The van der Waals surface area contributed by atoms with Crippen LogP contribution in [0.2, 0.25) is 0 Å². The van der Waals surface area contributed by atoms with Crippen molar-refractivity contribution in [1.82, 2.24) is 5.32 Å². The summed E-state index contributed by atoms with van der Waals surface area (Å²) in [4.78, 5) is 27.8. The highest BCUT2D eigenvalue weighted by molar-refractivity contribution is 6.02. The molecule has 1 aromatic rings. The molecule has 2 fully saturated rings. The summed E-state index contributed by atoms with van der Waals surface area (Å²) < 4.78 is 0. The molecule has 2 N–H and O–H groups in total. The Morgan fingerprint density at radius 3 is 2.41 bits per heavy atom. The molecule has 0 aromatic heterocycles. The molecule has 5 heteroatoms. The molecule has 1 saturated carbocycles. The number of piperidine rings is 1. The van der Waals surface area contributed by atoms with Gasteiger partial charge in [-0.15, -0.1) is 0 Å². The lowest BCUT2D eigenvalue weighted by molar-refractivity contribution is -0.116. The minimum Gasteiger partial charge on any atom is -0.371 e. The summed E-state index contributed by atoms with van der Waals surface area (Å²) in [5.74, 6) is 1.03. The Bertz CT molecular complexity index is 702. The zero-order chi connectivity index (χ0) is 20.8. The molecule has 2 aliphatic rings. The Labute approximate surface area is 175 Å². The largest absolute Gasteiger partial charge is 0.371 e. The lowest BCUT2D eigenvalue weighted by Crippen LogP contribution is -2.38. The third-order valence-corrected chi connectivity index (χ3v) is 6.18. The molecule has 2 amide bonds. The van der Waals surface area contributed by atoms with Crippen molar-refractivity contribution in [3.8, 4) is 0 Å². The van der Waals surface area contributed by atoms with Crippen LogP contribution in [0.1, 0.15) is 82.5 Å². The molecule has 160 valence electrons. The smallest absolute Gasteiger partial charge is 0.253 e. The van der Waals surface area contributed by atoms with E-state index in [1.165, 1.54) is 19.3 Å². The molecule has 1 saturated heterocycles. The summed E-state index contributed by atoms with van der Waals surface area (Å²) in [6.07, 6.45) is 8.55. The maximum atomic E-state index is 13.2. The first kappa shape index (κ1) is 21.7. The molecular formula is C24H37N3O2. The van der Waals surface area contributed by atoms with Crippen LogP contribution >= 0.6 is 0 Å². The molecule has 0 radical (unpaired) electrons. The summed E-state index contributed by atoms with van der Waals surface area (Å²) in [6.45, 7) is 8.31. The van der Waals surface area contributed by atoms with E-state index in [1.54, 1.807) is 0 Å². The van der Waals surface area contributed by atoms with Crippen molar-refractivity contribution >= 4 is 23.2 Å². The number of amides is 2. The van der Waals surface area contributed by atoms with Gasteiger partial charge in [-0.3, -0.25) is 9.59 Å². The van der Waals surface area contributed by atoms with Gasteiger partial charge in [0.1, 0.15) is 0 Å². The second kappa shape index (κ2) is 10.1. The van der Waals surface area contributed by atoms with Crippen molar-refractivity contribution in [3.05, 3.63) is 23.8 Å². The molecule has 0 spiro atoms. The van der Waals surface area contributed by atoms with Gasteiger partial charge >= 0.3 is 0 Å². The van der Waals surface area contributed by atoms with Gasteiger partial charge in [-0.25, -0.2) is 0 Å². The molecular weight excluding hydrogens is 362 g/mol. The van der Waals surface area contributed by atoms with Crippen LogP contribution in [0.25, 0.3) is 0 Å². The highest BCUT2D eigenvalue weighted by atomic mass is 16.2. The predicted octanol–water partition coefficient (Wildman–Crippen LogP) is 4.97. The molecule has 29 heavy (non-hydrogen) atoms. The molecule has 3 rings (SSSR count). The summed E-state index contributed by atoms with van der Waals surface area (Å²) in [7, 11) is 0. The number of carbonyl (C=O) groups excluding carboxylic acids is 2. The third-order valence-electron chi connectivity index (χ3n) is 6.18. The quantitative estimate of drug-likeness (QED) is 0.710. The van der Waals surface area contributed by atoms with E-state index in [-0.39, 0.29) is 17.9 Å². The fraction of sp³-hybridized carbons (Fsp3) is 0.667. The first-order chi connectivity index (χ1) is 13.9. The first-order valence-electron chi connectivity index (χ1n) is 11.4. The number of hydrogen-bond donors (Lipinski definition) is 2. The van der Waals surface area contributed by atoms with Crippen LogP contribution in [0, 0.1) is 11.8 Å². The topological polar surface area (TPSA) is 61.4 Å². The van der Waals surface area contributed by atoms with Crippen LogP contribution in [0.15, 0.2) is 18.2 Å². The second-order valence-electron chi connectivity index (χ2n) is 9.36. The zero-order valence-corrected chi connectivity index (χ0v) is 18.3. The molecule has 1 heterocycles. The van der Waals surface area contributed by atoms with E-state index >= 15 is 0 Å². The fourth-order valence-corrected chi connectivity index (χ4v) is 4.41. The molecule has 0 atom stereocenters. The number of hydrogen-bond acceptors (Lipinski definition) is 3. The number of carbonyl (C=O) groups is 2. The van der Waals surface area contributed by atoms with Crippen molar-refractivity contribution in [2.75, 3.05) is 23.3 Å². The standard InChI is InChI=1S/C24H37N3O2/c1-17(2)15-23(28)25-20-9-10-22(27-13-11-18(3)12-14-27)21(16-20)24(29)26-19-7-5-4-6-8-19/h9-10,16-19H,4-8,11-15H2,1-3H3,(H,25,28)(H,26,29). The van der Waals surface area contributed by atoms with Crippen molar-refractivity contribution < 1.29 is 9.59 Å². The molecule has 0 unspecified atom stereocenters. The Morgan fingerprint density at radius 2 is 1.76 bits per heavy atom. The summed E-state index contributed by atoms with van der Waals surface area (Å²) in [5.41, 5.74) is 2.39. The number of nitrogens with one attached hydrogen (secondary N) is 2. The van der Waals surface area contributed by atoms with Crippen LogP contribution < -0.4 is 15.5 Å². The van der Waals surface area contributed by atoms with Gasteiger partial charge in [0.2, 0.25) is 5.91 Å². The maximum Gasteiger partial charge on any atom is 0.253 e. The lowest BCUT2D eigenvalue weighted by atomic mass is 9.95. The molecule has 1 aromatic carbocycles. The van der Waals surface area contributed by atoms with Gasteiger partial charge in [0.25, 0.3) is 5.91 Å². The van der Waals surface area contributed by atoms with E-state index in [4.69, 9.17) is 0 Å². The van der Waals surface area contributed by atoms with Gasteiger partial charge < -0.3 is 15.5 Å². The monoisotopic (exact) mass is 399 g/mol. The van der Waals surface area contributed by atoms with Crippen LogP contribution in [0.5, 0.6) is 0 Å². The highest BCUT2D eigenvalue weighted by Crippen LogP contribution is 2.29. The van der Waals surface area contributed by atoms with Gasteiger partial charge in [0, 0.05) is 36.9 Å². The minimum atomic E-state index is -0.00881. The van der Waals surface area contributed by atoms with Crippen LogP contribution in [0.3, 0.4) is 0 Å².